The van der Waals surface area contributed by atoms with Crippen molar-refractivity contribution in [2.24, 2.45) is 17.1 Å². The van der Waals surface area contributed by atoms with Crippen molar-refractivity contribution in [3.63, 3.8) is 0 Å². The van der Waals surface area contributed by atoms with Crippen molar-refractivity contribution in [3.8, 4) is 0 Å². The maximum absolute atomic E-state index is 12.1. The molecule has 15 nitrogen and oxygen atoms in total. The van der Waals surface area contributed by atoms with E-state index >= 15 is 0 Å². The van der Waals surface area contributed by atoms with Gasteiger partial charge in [0.2, 0.25) is 0 Å². The third-order valence-corrected chi connectivity index (χ3v) is 7.18. The molecule has 0 amide bonds. The van der Waals surface area contributed by atoms with E-state index in [1.54, 1.807) is 27.7 Å². The van der Waals surface area contributed by atoms with Gasteiger partial charge in [0.05, 0.1) is 38.6 Å². The van der Waals surface area contributed by atoms with Crippen molar-refractivity contribution in [2.45, 2.75) is 39.7 Å². The number of nitrogens with two attached hydrogens (primary N) is 1. The van der Waals surface area contributed by atoms with Crippen molar-refractivity contribution in [2.75, 3.05) is 52.8 Å². The van der Waals surface area contributed by atoms with Crippen LogP contribution >= 0.6 is 23.5 Å². The third kappa shape index (κ3) is 16.8. The molecule has 0 rings (SSSR count). The van der Waals surface area contributed by atoms with Gasteiger partial charge in [-0.15, -0.1) is 0 Å². The fourth-order valence-electron chi connectivity index (χ4n) is 2.66. The number of phosphoric ester groups is 3. The lowest BCUT2D eigenvalue weighted by Crippen LogP contribution is -2.33. The number of hydrogen-bond donors (Lipinski definition) is 6. The van der Waals surface area contributed by atoms with Gasteiger partial charge < -0.3 is 30.6 Å². The Morgan fingerprint density at radius 3 is 1.56 bits per heavy atom. The Morgan fingerprint density at radius 1 is 0.765 bits per heavy atom. The minimum Gasteiger partial charge on any atom is -0.396 e. The molecule has 0 aromatic carbocycles. The van der Waals surface area contributed by atoms with E-state index in [0.717, 1.165) is 0 Å². The van der Waals surface area contributed by atoms with Crippen LogP contribution in [0.5, 0.6) is 0 Å². The van der Waals surface area contributed by atoms with Crippen molar-refractivity contribution in [1.82, 2.24) is 0 Å². The van der Waals surface area contributed by atoms with Crippen LogP contribution in [0, 0.1) is 11.3 Å². The normalized spacial score (nSPS) is 19.2. The zero-order chi connectivity index (χ0) is 26.7. The molecule has 18 heteroatoms. The van der Waals surface area contributed by atoms with Crippen LogP contribution in [0.1, 0.15) is 34.1 Å². The van der Waals surface area contributed by atoms with E-state index in [1.165, 1.54) is 0 Å². The topological polar surface area (TPSA) is 234 Å². The monoisotopic (exact) mass is 561 g/mol. The molecule has 0 aliphatic carbocycles. The molecular weight excluding hydrogens is 523 g/mol. The van der Waals surface area contributed by atoms with E-state index in [-0.39, 0.29) is 32.8 Å². The first kappa shape index (κ1) is 34.2. The number of aliphatic hydroxyl groups is 2. The smallest absolute Gasteiger partial charge is 0.396 e. The molecule has 34 heavy (non-hydrogen) atoms. The fraction of sp³-hybridized carbons (Fsp3) is 1.00. The van der Waals surface area contributed by atoms with E-state index in [9.17, 15) is 33.5 Å². The van der Waals surface area contributed by atoms with E-state index in [1.807, 2.05) is 0 Å². The van der Waals surface area contributed by atoms with Gasteiger partial charge in [0.25, 0.3) is 0 Å². The molecule has 4 atom stereocenters. The Labute approximate surface area is 199 Å². The summed E-state index contributed by atoms with van der Waals surface area (Å²) in [5.41, 5.74) is 3.62. The predicted octanol–water partition coefficient (Wildman–Crippen LogP) is 1.14. The van der Waals surface area contributed by atoms with Gasteiger partial charge >= 0.3 is 23.5 Å². The molecule has 0 heterocycles. The van der Waals surface area contributed by atoms with E-state index < -0.39 is 66.8 Å². The molecule has 0 aromatic heterocycles. The Balaban J connectivity index is 4.32. The predicted molar refractivity (Wildman–Crippen MR) is 120 cm³/mol. The molecule has 0 radical (unpaired) electrons. The summed E-state index contributed by atoms with van der Waals surface area (Å²) in [5.74, 6) is -0.563. The fourth-order valence-corrected chi connectivity index (χ4v) is 5.17. The van der Waals surface area contributed by atoms with Gasteiger partial charge in [-0.1, -0.05) is 13.8 Å². The lowest BCUT2D eigenvalue weighted by Gasteiger charge is -2.34. The van der Waals surface area contributed by atoms with Gasteiger partial charge in [0.1, 0.15) is 0 Å². The Hall–Kier alpha value is 0.210. The summed E-state index contributed by atoms with van der Waals surface area (Å²) in [6.07, 6.45) is 0.240. The molecule has 0 fully saturated rings. The van der Waals surface area contributed by atoms with Gasteiger partial charge in [0, 0.05) is 19.1 Å². The highest BCUT2D eigenvalue weighted by Gasteiger charge is 2.36. The summed E-state index contributed by atoms with van der Waals surface area (Å²) in [5, 5.41) is 18.3. The molecule has 0 saturated heterocycles. The molecule has 4 unspecified atom stereocenters. The summed E-state index contributed by atoms with van der Waals surface area (Å²) < 4.78 is 63.7. The first-order chi connectivity index (χ1) is 15.4. The van der Waals surface area contributed by atoms with Gasteiger partial charge in [-0.2, -0.15) is 0 Å². The highest BCUT2D eigenvalue weighted by molar-refractivity contribution is 7.48. The van der Waals surface area contributed by atoms with Gasteiger partial charge in [-0.3, -0.25) is 27.1 Å². The van der Waals surface area contributed by atoms with Crippen LogP contribution in [0.4, 0.5) is 0 Å². The molecule has 0 saturated carbocycles. The Morgan fingerprint density at radius 2 is 1.18 bits per heavy atom. The van der Waals surface area contributed by atoms with Crippen molar-refractivity contribution < 1.29 is 65.7 Å². The van der Waals surface area contributed by atoms with Gasteiger partial charge in [-0.05, 0) is 32.2 Å². The van der Waals surface area contributed by atoms with Crippen LogP contribution < -0.4 is 5.73 Å². The number of aliphatic hydroxyl groups excluding tert-OH is 2. The highest BCUT2D eigenvalue weighted by atomic mass is 31.2. The lowest BCUT2D eigenvalue weighted by molar-refractivity contribution is -0.00115. The number of hydrogen-bond acceptors (Lipinski definition) is 12. The van der Waals surface area contributed by atoms with Crippen LogP contribution in [-0.2, 0) is 40.8 Å². The maximum atomic E-state index is 12.1. The van der Waals surface area contributed by atoms with Gasteiger partial charge in [-0.25, -0.2) is 13.7 Å². The van der Waals surface area contributed by atoms with Crippen LogP contribution in [0.2, 0.25) is 0 Å². The second-order valence-electron chi connectivity index (χ2n) is 8.67. The number of phosphoric acid groups is 3. The second kappa shape index (κ2) is 14.8. The second-order valence-corrected chi connectivity index (χ2v) is 13.0. The lowest BCUT2D eigenvalue weighted by atomic mass is 9.83. The Kier molecular flexibility index (Phi) is 14.9. The minimum atomic E-state index is -4.63. The number of rotatable bonds is 20. The van der Waals surface area contributed by atoms with Crippen molar-refractivity contribution in [3.05, 3.63) is 0 Å². The summed E-state index contributed by atoms with van der Waals surface area (Å²) in [6, 6.07) is 0. The summed E-state index contributed by atoms with van der Waals surface area (Å²) in [7, 11) is -13.7. The molecule has 7 N–H and O–H groups in total. The molecule has 0 spiro atoms. The molecule has 0 aliphatic heterocycles. The third-order valence-electron chi connectivity index (χ3n) is 3.94. The Bertz CT molecular complexity index is 730. The van der Waals surface area contributed by atoms with Crippen LogP contribution in [0.15, 0.2) is 0 Å². The maximum Gasteiger partial charge on any atom is 0.472 e. The van der Waals surface area contributed by atoms with E-state index in [0.29, 0.717) is 0 Å². The summed E-state index contributed by atoms with van der Waals surface area (Å²) in [6.45, 7) is 3.31. The van der Waals surface area contributed by atoms with Crippen LogP contribution in [-0.4, -0.2) is 83.3 Å². The minimum absolute atomic E-state index is 0.0197. The summed E-state index contributed by atoms with van der Waals surface area (Å²) >= 11 is 0. The molecule has 206 valence electrons. The standard InChI is InChI=1S/C16H38NO14P3/c1-15(2,13-19)12-16(3,4)31-34(24,25)29-8-7-27-32(20,21)26-5-6-28-33(22,23)30-11-14(9-17)10-18/h14,18-19H,5-13,17H2,1-4H3,(H,20,21)(H,22,23)(H,24,25). The first-order valence-corrected chi connectivity index (χ1v) is 14.7. The zero-order valence-electron chi connectivity index (χ0n) is 19.8. The van der Waals surface area contributed by atoms with Crippen LogP contribution in [0.25, 0.3) is 0 Å². The molecular formula is C16H38NO14P3. The molecule has 0 aliphatic rings. The quantitative estimate of drug-likeness (QED) is 0.0903. The van der Waals surface area contributed by atoms with E-state index in [2.05, 4.69) is 18.1 Å². The zero-order valence-corrected chi connectivity index (χ0v) is 22.5. The van der Waals surface area contributed by atoms with Gasteiger partial charge in [0.15, 0.2) is 0 Å². The summed E-state index contributed by atoms with van der Waals surface area (Å²) in [4.78, 5) is 28.9. The van der Waals surface area contributed by atoms with E-state index in [4.69, 9.17) is 19.9 Å². The largest absolute Gasteiger partial charge is 0.472 e. The molecule has 0 aromatic rings. The molecule has 0 bridgehead atoms. The van der Waals surface area contributed by atoms with Crippen LogP contribution in [0.3, 0.4) is 0 Å². The average molecular weight is 561 g/mol. The highest BCUT2D eigenvalue weighted by Crippen LogP contribution is 2.50. The SMILES string of the molecule is CC(C)(CO)CC(C)(C)OP(=O)(O)OCCOP(=O)(O)OCCOP(=O)(O)OCC(CN)CO. The van der Waals surface area contributed by atoms with Crippen molar-refractivity contribution in [1.29, 1.82) is 0 Å². The average Bonchev–Trinajstić information content (AvgIpc) is 2.68. The first-order valence-electron chi connectivity index (χ1n) is 10.2. The van der Waals surface area contributed by atoms with Crippen molar-refractivity contribution >= 4 is 23.5 Å².